The molecule has 0 unspecified atom stereocenters. The van der Waals surface area contributed by atoms with Gasteiger partial charge >= 0.3 is 0 Å². The van der Waals surface area contributed by atoms with Crippen LogP contribution in [0.15, 0.2) is 97.2 Å². The van der Waals surface area contributed by atoms with E-state index in [2.05, 4.69) is 39.2 Å². The van der Waals surface area contributed by atoms with E-state index in [1.54, 1.807) is 17.0 Å². The van der Waals surface area contributed by atoms with Gasteiger partial charge in [0.25, 0.3) is 5.91 Å². The molecule has 42 heavy (non-hydrogen) atoms. The quantitative estimate of drug-likeness (QED) is 0.191. The Hall–Kier alpha value is -4.19. The van der Waals surface area contributed by atoms with Gasteiger partial charge in [-0.15, -0.1) is 0 Å². The fraction of sp³-hybridized carbons (Fsp3) is 0.333. The molecule has 3 aromatic carbocycles. The molecule has 0 spiro atoms. The standard InChI is InChI=1S/C36H42FN3O2/c1-27(2)22-40(35(42)30-15-17-31(18-16-30)36(3,4)5)26-34(41)39(24-28-10-7-6-8-11-28)25-33-12-9-21-38(33)23-29-13-19-32(37)20-14-29/h6-21,27H,22-26H2,1-5H3. The zero-order valence-corrected chi connectivity index (χ0v) is 25.4. The predicted octanol–water partition coefficient (Wildman–Crippen LogP) is 7.30. The largest absolute Gasteiger partial charge is 0.345 e. The Morgan fingerprint density at radius 2 is 1.45 bits per heavy atom. The second-order valence-electron chi connectivity index (χ2n) is 12.4. The van der Waals surface area contributed by atoms with Gasteiger partial charge in [-0.2, -0.15) is 0 Å². The van der Waals surface area contributed by atoms with Crippen LogP contribution in [0.5, 0.6) is 0 Å². The molecule has 0 aliphatic carbocycles. The van der Waals surface area contributed by atoms with Crippen LogP contribution in [0.2, 0.25) is 0 Å². The summed E-state index contributed by atoms with van der Waals surface area (Å²) in [6.07, 6.45) is 1.97. The summed E-state index contributed by atoms with van der Waals surface area (Å²) in [6.45, 7) is 12.4. The minimum Gasteiger partial charge on any atom is -0.345 e. The zero-order chi connectivity index (χ0) is 30.3. The van der Waals surface area contributed by atoms with Crippen LogP contribution in [0, 0.1) is 11.7 Å². The topological polar surface area (TPSA) is 45.6 Å². The van der Waals surface area contributed by atoms with Crippen LogP contribution < -0.4 is 0 Å². The first-order valence-corrected chi connectivity index (χ1v) is 14.6. The monoisotopic (exact) mass is 567 g/mol. The molecular formula is C36H42FN3O2. The number of halogens is 1. The van der Waals surface area contributed by atoms with Crippen LogP contribution in [0.25, 0.3) is 0 Å². The summed E-state index contributed by atoms with van der Waals surface area (Å²) in [6, 6.07) is 28.1. The maximum atomic E-state index is 14.0. The van der Waals surface area contributed by atoms with Crippen LogP contribution in [-0.2, 0) is 29.8 Å². The van der Waals surface area contributed by atoms with Crippen molar-refractivity contribution in [3.63, 3.8) is 0 Å². The Morgan fingerprint density at radius 1 is 0.786 bits per heavy atom. The van der Waals surface area contributed by atoms with Gasteiger partial charge < -0.3 is 14.4 Å². The van der Waals surface area contributed by atoms with Crippen molar-refractivity contribution in [2.24, 2.45) is 5.92 Å². The highest BCUT2D eigenvalue weighted by Gasteiger charge is 2.25. The first-order chi connectivity index (χ1) is 20.0. The third-order valence-corrected chi connectivity index (χ3v) is 7.31. The minimum atomic E-state index is -0.267. The second kappa shape index (κ2) is 13.6. The molecule has 1 aromatic heterocycles. The number of rotatable bonds is 11. The van der Waals surface area contributed by atoms with Crippen molar-refractivity contribution in [1.82, 2.24) is 14.4 Å². The average Bonchev–Trinajstić information content (AvgIpc) is 3.39. The van der Waals surface area contributed by atoms with Crippen molar-refractivity contribution in [3.05, 3.63) is 131 Å². The molecule has 1 heterocycles. The molecule has 0 radical (unpaired) electrons. The van der Waals surface area contributed by atoms with E-state index in [-0.39, 0.29) is 35.5 Å². The molecule has 220 valence electrons. The number of carbonyl (C=O) groups excluding carboxylic acids is 2. The Labute approximate surface area is 249 Å². The van der Waals surface area contributed by atoms with Crippen molar-refractivity contribution >= 4 is 11.8 Å². The average molecular weight is 568 g/mol. The molecule has 0 fully saturated rings. The van der Waals surface area contributed by atoms with Gasteiger partial charge in [-0.1, -0.05) is 89.2 Å². The van der Waals surface area contributed by atoms with Crippen LogP contribution in [0.4, 0.5) is 4.39 Å². The molecule has 0 N–H and O–H groups in total. The van der Waals surface area contributed by atoms with E-state index in [1.807, 2.05) is 77.8 Å². The third kappa shape index (κ3) is 8.41. The molecule has 4 aromatic rings. The Balaban J connectivity index is 1.57. The molecule has 0 saturated carbocycles. The molecule has 0 saturated heterocycles. The molecule has 6 heteroatoms. The van der Waals surface area contributed by atoms with Gasteiger partial charge in [-0.25, -0.2) is 4.39 Å². The summed E-state index contributed by atoms with van der Waals surface area (Å²) < 4.78 is 15.5. The minimum absolute atomic E-state index is 0.0104. The molecule has 5 nitrogen and oxygen atoms in total. The van der Waals surface area contributed by atoms with Crippen molar-refractivity contribution in [3.8, 4) is 0 Å². The highest BCUT2D eigenvalue weighted by Crippen LogP contribution is 2.23. The number of carbonyl (C=O) groups is 2. The van der Waals surface area contributed by atoms with Gasteiger partial charge in [0.2, 0.25) is 5.91 Å². The lowest BCUT2D eigenvalue weighted by atomic mass is 9.86. The number of hydrogen-bond acceptors (Lipinski definition) is 2. The van der Waals surface area contributed by atoms with Crippen molar-refractivity contribution in [2.45, 2.75) is 59.7 Å². The van der Waals surface area contributed by atoms with E-state index in [9.17, 15) is 14.0 Å². The van der Waals surface area contributed by atoms with Gasteiger partial charge in [0.05, 0.1) is 6.54 Å². The molecule has 2 amide bonds. The highest BCUT2D eigenvalue weighted by molar-refractivity contribution is 5.96. The van der Waals surface area contributed by atoms with Crippen molar-refractivity contribution < 1.29 is 14.0 Å². The summed E-state index contributed by atoms with van der Waals surface area (Å²) in [4.78, 5) is 31.1. The molecular weight excluding hydrogens is 525 g/mol. The first kappa shape index (κ1) is 30.8. The summed E-state index contributed by atoms with van der Waals surface area (Å²) in [5.41, 5.74) is 4.68. The van der Waals surface area contributed by atoms with Crippen molar-refractivity contribution in [1.29, 1.82) is 0 Å². The number of amides is 2. The smallest absolute Gasteiger partial charge is 0.254 e. The van der Waals surface area contributed by atoms with Crippen LogP contribution in [0.1, 0.15) is 67.4 Å². The van der Waals surface area contributed by atoms with Gasteiger partial charge in [0, 0.05) is 37.1 Å². The molecule has 0 bridgehead atoms. The van der Waals surface area contributed by atoms with Gasteiger partial charge in [0.15, 0.2) is 0 Å². The van der Waals surface area contributed by atoms with E-state index in [0.29, 0.717) is 31.7 Å². The first-order valence-electron chi connectivity index (χ1n) is 14.6. The third-order valence-electron chi connectivity index (χ3n) is 7.31. The molecule has 4 rings (SSSR count). The summed E-state index contributed by atoms with van der Waals surface area (Å²) in [5.74, 6) is -0.326. The second-order valence-corrected chi connectivity index (χ2v) is 12.4. The summed E-state index contributed by atoms with van der Waals surface area (Å²) in [7, 11) is 0. The van der Waals surface area contributed by atoms with Gasteiger partial charge in [-0.05, 0) is 64.4 Å². The van der Waals surface area contributed by atoms with Crippen LogP contribution in [-0.4, -0.2) is 39.3 Å². The molecule has 0 aliphatic heterocycles. The number of nitrogens with zero attached hydrogens (tertiary/aromatic N) is 3. The fourth-order valence-corrected chi connectivity index (χ4v) is 4.98. The van der Waals surface area contributed by atoms with Crippen LogP contribution >= 0.6 is 0 Å². The van der Waals surface area contributed by atoms with Crippen LogP contribution in [0.3, 0.4) is 0 Å². The summed E-state index contributed by atoms with van der Waals surface area (Å²) in [5, 5.41) is 0. The summed E-state index contributed by atoms with van der Waals surface area (Å²) >= 11 is 0. The van der Waals surface area contributed by atoms with Crippen molar-refractivity contribution in [2.75, 3.05) is 13.1 Å². The fourth-order valence-electron chi connectivity index (χ4n) is 4.98. The highest BCUT2D eigenvalue weighted by atomic mass is 19.1. The Kier molecular flexibility index (Phi) is 10.00. The lowest BCUT2D eigenvalue weighted by Crippen LogP contribution is -2.44. The van der Waals surface area contributed by atoms with E-state index in [1.165, 1.54) is 12.1 Å². The normalized spacial score (nSPS) is 11.5. The number of benzene rings is 3. The maximum absolute atomic E-state index is 14.0. The molecule has 0 aliphatic rings. The molecule has 0 atom stereocenters. The van der Waals surface area contributed by atoms with Gasteiger partial charge in [-0.3, -0.25) is 9.59 Å². The lowest BCUT2D eigenvalue weighted by Gasteiger charge is -2.29. The predicted molar refractivity (Wildman–Crippen MR) is 167 cm³/mol. The Bertz CT molecular complexity index is 1450. The van der Waals surface area contributed by atoms with E-state index in [0.717, 1.165) is 22.4 Å². The maximum Gasteiger partial charge on any atom is 0.254 e. The SMILES string of the molecule is CC(C)CN(CC(=O)N(Cc1ccccc1)Cc1cccn1Cc1ccc(F)cc1)C(=O)c1ccc(C(C)(C)C)cc1. The Morgan fingerprint density at radius 3 is 2.07 bits per heavy atom. The van der Waals surface area contributed by atoms with E-state index < -0.39 is 0 Å². The zero-order valence-electron chi connectivity index (χ0n) is 25.4. The van der Waals surface area contributed by atoms with Gasteiger partial charge in [0.1, 0.15) is 12.4 Å². The number of hydrogen-bond donors (Lipinski definition) is 0. The lowest BCUT2D eigenvalue weighted by molar-refractivity contribution is -0.133. The van der Waals surface area contributed by atoms with E-state index in [4.69, 9.17) is 0 Å². The van der Waals surface area contributed by atoms with E-state index >= 15 is 0 Å². The number of aromatic nitrogens is 1.